The highest BCUT2D eigenvalue weighted by Crippen LogP contribution is 2.29. The minimum Gasteiger partial charge on any atom is -0.493 e. The summed E-state index contributed by atoms with van der Waals surface area (Å²) < 4.78 is 8.36. The van der Waals surface area contributed by atoms with Crippen LogP contribution >= 0.6 is 0 Å². The fourth-order valence-corrected chi connectivity index (χ4v) is 5.11. The lowest BCUT2D eigenvalue weighted by atomic mass is 9.96. The van der Waals surface area contributed by atoms with Crippen LogP contribution in [0.3, 0.4) is 0 Å². The summed E-state index contributed by atoms with van der Waals surface area (Å²) in [4.78, 5) is 14.9. The Morgan fingerprint density at radius 1 is 1.00 bits per heavy atom. The van der Waals surface area contributed by atoms with E-state index in [9.17, 15) is 4.79 Å². The predicted octanol–water partition coefficient (Wildman–Crippen LogP) is 4.72. The maximum Gasteiger partial charge on any atom is 0.222 e. The Labute approximate surface area is 189 Å². The van der Waals surface area contributed by atoms with Crippen LogP contribution in [0.1, 0.15) is 62.5 Å². The van der Waals surface area contributed by atoms with Crippen LogP contribution in [0.15, 0.2) is 42.5 Å². The number of hydrogen-bond acceptors (Lipinski definition) is 4. The van der Waals surface area contributed by atoms with Crippen LogP contribution in [0, 0.1) is 0 Å². The van der Waals surface area contributed by atoms with Crippen LogP contribution in [0.2, 0.25) is 0 Å². The normalized spacial score (nSPS) is 18.9. The predicted molar refractivity (Wildman–Crippen MR) is 125 cm³/mol. The smallest absolute Gasteiger partial charge is 0.222 e. The molecule has 2 aromatic carbocycles. The summed E-state index contributed by atoms with van der Waals surface area (Å²) in [5.74, 6) is 3.65. The number of hydrogen-bond donors (Lipinski definition) is 0. The van der Waals surface area contributed by atoms with Gasteiger partial charge in [0.25, 0.3) is 0 Å². The summed E-state index contributed by atoms with van der Waals surface area (Å²) in [5.41, 5.74) is 0. The van der Waals surface area contributed by atoms with Gasteiger partial charge in [0.15, 0.2) is 0 Å². The van der Waals surface area contributed by atoms with Gasteiger partial charge in [-0.15, -0.1) is 10.2 Å². The number of amides is 1. The number of nitrogens with zero attached hydrogens (tertiary/aromatic N) is 4. The molecule has 168 valence electrons. The second-order valence-corrected chi connectivity index (χ2v) is 9.04. The molecule has 3 heterocycles. The van der Waals surface area contributed by atoms with Crippen molar-refractivity contribution in [1.82, 2.24) is 19.7 Å². The molecule has 0 bridgehead atoms. The highest BCUT2D eigenvalue weighted by Gasteiger charge is 2.29. The highest BCUT2D eigenvalue weighted by molar-refractivity contribution is 5.88. The van der Waals surface area contributed by atoms with Crippen LogP contribution in [0.5, 0.6) is 5.75 Å². The first-order valence-corrected chi connectivity index (χ1v) is 12.1. The van der Waals surface area contributed by atoms with E-state index in [0.29, 0.717) is 18.9 Å². The fourth-order valence-electron chi connectivity index (χ4n) is 5.11. The summed E-state index contributed by atoms with van der Waals surface area (Å²) in [5, 5.41) is 11.3. The van der Waals surface area contributed by atoms with Crippen molar-refractivity contribution in [3.63, 3.8) is 0 Å². The number of fused-ring (bicyclic) bond motifs is 2. The molecule has 1 saturated heterocycles. The zero-order valence-corrected chi connectivity index (χ0v) is 18.7. The van der Waals surface area contributed by atoms with E-state index in [1.54, 1.807) is 0 Å². The van der Waals surface area contributed by atoms with Crippen molar-refractivity contribution in [1.29, 1.82) is 0 Å². The van der Waals surface area contributed by atoms with Crippen molar-refractivity contribution in [2.24, 2.45) is 0 Å². The number of benzene rings is 2. The van der Waals surface area contributed by atoms with Crippen LogP contribution in [-0.2, 0) is 17.8 Å². The maximum atomic E-state index is 12.9. The number of likely N-dealkylation sites (tertiary alicyclic amines) is 1. The second-order valence-electron chi connectivity index (χ2n) is 9.04. The Hall–Kier alpha value is -2.89. The van der Waals surface area contributed by atoms with Gasteiger partial charge in [0.2, 0.25) is 5.91 Å². The molecule has 32 heavy (non-hydrogen) atoms. The molecule has 1 amide bonds. The lowest BCUT2D eigenvalue weighted by Gasteiger charge is -2.32. The van der Waals surface area contributed by atoms with Gasteiger partial charge in [-0.25, -0.2) is 0 Å². The van der Waals surface area contributed by atoms with Gasteiger partial charge in [0, 0.05) is 43.8 Å². The molecular formula is C26H32N4O2. The third kappa shape index (κ3) is 4.50. The Balaban J connectivity index is 1.14. The van der Waals surface area contributed by atoms with Gasteiger partial charge in [-0.05, 0) is 43.6 Å². The van der Waals surface area contributed by atoms with E-state index in [-0.39, 0.29) is 5.91 Å². The average Bonchev–Trinajstić information content (AvgIpc) is 3.10. The number of aromatic nitrogens is 3. The molecule has 5 rings (SSSR count). The molecule has 1 fully saturated rings. The Morgan fingerprint density at radius 3 is 2.88 bits per heavy atom. The van der Waals surface area contributed by atoms with E-state index >= 15 is 0 Å². The molecule has 1 unspecified atom stereocenters. The van der Waals surface area contributed by atoms with Gasteiger partial charge < -0.3 is 14.2 Å². The van der Waals surface area contributed by atoms with Gasteiger partial charge >= 0.3 is 0 Å². The van der Waals surface area contributed by atoms with Gasteiger partial charge in [-0.1, -0.05) is 42.8 Å². The largest absolute Gasteiger partial charge is 0.493 e. The molecule has 0 spiro atoms. The van der Waals surface area contributed by atoms with Gasteiger partial charge in [-0.3, -0.25) is 4.79 Å². The molecule has 0 N–H and O–H groups in total. The molecule has 1 atom stereocenters. The molecular weight excluding hydrogens is 400 g/mol. The molecule has 0 aliphatic carbocycles. The number of rotatable bonds is 6. The molecule has 6 heteroatoms. The van der Waals surface area contributed by atoms with Crippen molar-refractivity contribution >= 4 is 16.7 Å². The molecule has 0 saturated carbocycles. The van der Waals surface area contributed by atoms with Crippen molar-refractivity contribution in [3.8, 4) is 5.75 Å². The summed E-state index contributed by atoms with van der Waals surface area (Å²) in [6.07, 6.45) is 8.06. The SMILES string of the molecule is O=C(CCCOc1cccc2ccccc12)N1CCCC(c2nnc3n2CCCCC3)C1. The topological polar surface area (TPSA) is 60.2 Å². The summed E-state index contributed by atoms with van der Waals surface area (Å²) in [7, 11) is 0. The molecule has 3 aromatic rings. The zero-order chi connectivity index (χ0) is 21.8. The molecule has 0 radical (unpaired) electrons. The first-order valence-electron chi connectivity index (χ1n) is 12.1. The van der Waals surface area contributed by atoms with E-state index < -0.39 is 0 Å². The second kappa shape index (κ2) is 9.72. The van der Waals surface area contributed by atoms with Crippen molar-refractivity contribution in [2.45, 2.75) is 63.8 Å². The van der Waals surface area contributed by atoms with E-state index in [2.05, 4.69) is 33.0 Å². The standard InChI is InChI=1S/C26H32N4O2/c31-25(15-8-18-32-23-13-6-10-20-9-3-4-12-22(20)23)29-16-7-11-21(19-29)26-28-27-24-14-2-1-5-17-30(24)26/h3-4,6,9-10,12-13,21H,1-2,5,7-8,11,14-19H2. The molecule has 2 aliphatic rings. The van der Waals surface area contributed by atoms with Gasteiger partial charge in [0.1, 0.15) is 17.4 Å². The van der Waals surface area contributed by atoms with E-state index in [0.717, 1.165) is 68.1 Å². The van der Waals surface area contributed by atoms with Crippen molar-refractivity contribution in [2.75, 3.05) is 19.7 Å². The number of piperidine rings is 1. The number of ether oxygens (including phenoxy) is 1. The fraction of sp³-hybridized carbons (Fsp3) is 0.500. The van der Waals surface area contributed by atoms with Gasteiger partial charge in [0.05, 0.1) is 6.61 Å². The Bertz CT molecular complexity index is 1070. The Morgan fingerprint density at radius 2 is 1.91 bits per heavy atom. The highest BCUT2D eigenvalue weighted by atomic mass is 16.5. The minimum atomic E-state index is 0.229. The van der Waals surface area contributed by atoms with E-state index in [4.69, 9.17) is 4.74 Å². The lowest BCUT2D eigenvalue weighted by molar-refractivity contribution is -0.132. The monoisotopic (exact) mass is 432 g/mol. The molecule has 2 aliphatic heterocycles. The van der Waals surface area contributed by atoms with Crippen LogP contribution in [0.4, 0.5) is 0 Å². The maximum absolute atomic E-state index is 12.9. The molecule has 1 aromatic heterocycles. The van der Waals surface area contributed by atoms with Crippen molar-refractivity contribution < 1.29 is 9.53 Å². The summed E-state index contributed by atoms with van der Waals surface area (Å²) in [6.45, 7) is 3.18. The van der Waals surface area contributed by atoms with Crippen LogP contribution in [0.25, 0.3) is 10.8 Å². The minimum absolute atomic E-state index is 0.229. The van der Waals surface area contributed by atoms with E-state index in [1.165, 1.54) is 24.6 Å². The third-order valence-electron chi connectivity index (χ3n) is 6.82. The van der Waals surface area contributed by atoms with Crippen LogP contribution < -0.4 is 4.74 Å². The first-order chi connectivity index (χ1) is 15.8. The number of aryl methyl sites for hydroxylation is 1. The average molecular weight is 433 g/mol. The quantitative estimate of drug-likeness (QED) is 0.529. The summed E-state index contributed by atoms with van der Waals surface area (Å²) in [6, 6.07) is 14.3. The van der Waals surface area contributed by atoms with Crippen LogP contribution in [-0.4, -0.2) is 45.3 Å². The van der Waals surface area contributed by atoms with E-state index in [1.807, 2.05) is 29.2 Å². The first kappa shape index (κ1) is 21.0. The lowest BCUT2D eigenvalue weighted by Crippen LogP contribution is -2.39. The number of carbonyl (C=O) groups excluding carboxylic acids is 1. The van der Waals surface area contributed by atoms with Gasteiger partial charge in [-0.2, -0.15) is 0 Å². The third-order valence-corrected chi connectivity index (χ3v) is 6.82. The zero-order valence-electron chi connectivity index (χ0n) is 18.7. The Kier molecular flexibility index (Phi) is 6.37. The number of carbonyl (C=O) groups is 1. The van der Waals surface area contributed by atoms with Crippen molar-refractivity contribution in [3.05, 3.63) is 54.1 Å². The molecule has 6 nitrogen and oxygen atoms in total. The summed E-state index contributed by atoms with van der Waals surface area (Å²) >= 11 is 0.